The maximum absolute atomic E-state index is 2.47. The highest BCUT2D eigenvalue weighted by Gasteiger charge is 2.26. The number of unbranched alkanes of at least 4 members (excludes halogenated alkanes) is 9. The van der Waals surface area contributed by atoms with Gasteiger partial charge in [-0.25, -0.2) is 0 Å². The molecule has 0 aliphatic rings. The molecule has 0 heterocycles. The quantitative estimate of drug-likeness (QED) is 0.204. The fraction of sp³-hybridized carbons (Fsp3) is 0.708. The van der Waals surface area contributed by atoms with Crippen molar-refractivity contribution < 1.29 is 17.0 Å². The van der Waals surface area contributed by atoms with E-state index in [1.54, 1.807) is 0 Å². The van der Waals surface area contributed by atoms with E-state index < -0.39 is 0 Å². The summed E-state index contributed by atoms with van der Waals surface area (Å²) < 4.78 is 2.24. The Bertz CT molecular complexity index is 515. The van der Waals surface area contributed by atoms with Gasteiger partial charge in [-0.2, -0.15) is 0 Å². The van der Waals surface area contributed by atoms with Crippen LogP contribution in [-0.4, -0.2) is 42.0 Å². The van der Waals surface area contributed by atoms with Gasteiger partial charge in [-0.05, 0) is 36.4 Å². The minimum Gasteiger partial charge on any atom is -1.00 e. The van der Waals surface area contributed by atoms with Crippen molar-refractivity contribution >= 4 is 16.9 Å². The maximum atomic E-state index is 2.47. The zero-order valence-corrected chi connectivity index (χ0v) is 20.5. The Morgan fingerprint density at radius 3 is 1.86 bits per heavy atom. The standard InChI is InChI=1S/C24H43N2S.ClH/c1-6-7-8-9-10-11-12-13-14-18-21-23(22-19-16-15-17-20-22)26(4)24(27-5)25(2)3;/h15-17,19-20,23H,6-14,18,21H2,1-5H3;1H/q+1;/p-1. The lowest BCUT2D eigenvalue weighted by atomic mass is 9.98. The molecule has 1 rings (SSSR count). The molecule has 1 aromatic rings. The molecule has 0 N–H and O–H groups in total. The predicted molar refractivity (Wildman–Crippen MR) is 124 cm³/mol. The first-order valence-electron chi connectivity index (χ1n) is 11.0. The molecule has 0 fully saturated rings. The maximum Gasteiger partial charge on any atom is 0.307 e. The monoisotopic (exact) mass is 426 g/mol. The molecule has 4 heteroatoms. The molecule has 0 aromatic heterocycles. The lowest BCUT2D eigenvalue weighted by Gasteiger charge is -2.25. The molecule has 0 saturated carbocycles. The third-order valence-corrected chi connectivity index (χ3v) is 6.37. The van der Waals surface area contributed by atoms with Crippen LogP contribution in [-0.2, 0) is 0 Å². The Balaban J connectivity index is 0.00000729. The Hall–Kier alpha value is -0.670. The van der Waals surface area contributed by atoms with E-state index in [0.717, 1.165) is 0 Å². The van der Waals surface area contributed by atoms with Crippen LogP contribution in [0.25, 0.3) is 0 Å². The van der Waals surface area contributed by atoms with E-state index in [9.17, 15) is 0 Å². The summed E-state index contributed by atoms with van der Waals surface area (Å²) in [6, 6.07) is 11.5. The highest BCUT2D eigenvalue weighted by Crippen LogP contribution is 2.28. The molecule has 0 aliphatic heterocycles. The molecule has 0 bridgehead atoms. The van der Waals surface area contributed by atoms with Crippen LogP contribution in [0.2, 0.25) is 0 Å². The fourth-order valence-corrected chi connectivity index (χ4v) is 4.64. The summed E-state index contributed by atoms with van der Waals surface area (Å²) in [5.74, 6) is 0. The van der Waals surface area contributed by atoms with Gasteiger partial charge in [0.15, 0.2) is 0 Å². The van der Waals surface area contributed by atoms with Crippen molar-refractivity contribution in [3.05, 3.63) is 35.9 Å². The van der Waals surface area contributed by atoms with Gasteiger partial charge in [0.25, 0.3) is 0 Å². The van der Waals surface area contributed by atoms with Crippen molar-refractivity contribution in [3.8, 4) is 0 Å². The zero-order chi connectivity index (χ0) is 19.9. The van der Waals surface area contributed by atoms with Gasteiger partial charge < -0.3 is 12.4 Å². The lowest BCUT2D eigenvalue weighted by Crippen LogP contribution is -3.00. The van der Waals surface area contributed by atoms with Gasteiger partial charge in [-0.3, -0.25) is 9.48 Å². The molecule has 0 amide bonds. The first-order valence-corrected chi connectivity index (χ1v) is 12.2. The van der Waals surface area contributed by atoms with E-state index >= 15 is 0 Å². The number of hydrogen-bond acceptors (Lipinski definition) is 1. The minimum absolute atomic E-state index is 0. The van der Waals surface area contributed by atoms with Crippen LogP contribution in [0.3, 0.4) is 0 Å². The van der Waals surface area contributed by atoms with Crippen LogP contribution < -0.4 is 12.4 Å². The van der Waals surface area contributed by atoms with Crippen LogP contribution >= 0.6 is 11.8 Å². The van der Waals surface area contributed by atoms with Crippen LogP contribution in [0.5, 0.6) is 0 Å². The largest absolute Gasteiger partial charge is 1.00 e. The molecule has 0 saturated heterocycles. The second-order valence-corrected chi connectivity index (χ2v) is 8.66. The molecule has 162 valence electrons. The Morgan fingerprint density at radius 1 is 0.893 bits per heavy atom. The van der Waals surface area contributed by atoms with Crippen LogP contribution in [0.15, 0.2) is 30.3 Å². The Kier molecular flexibility index (Phi) is 16.8. The van der Waals surface area contributed by atoms with Crippen LogP contribution in [0.4, 0.5) is 0 Å². The number of halogens is 1. The molecular formula is C24H43ClN2S. The molecule has 2 nitrogen and oxygen atoms in total. The van der Waals surface area contributed by atoms with E-state index in [1.165, 1.54) is 81.4 Å². The number of hydrogen-bond donors (Lipinski definition) is 0. The first kappa shape index (κ1) is 27.3. The summed E-state index contributed by atoms with van der Waals surface area (Å²) in [7, 11) is 6.54. The summed E-state index contributed by atoms with van der Waals surface area (Å²) in [6.07, 6.45) is 17.4. The summed E-state index contributed by atoms with van der Waals surface area (Å²) in [6.45, 7) is 2.29. The van der Waals surface area contributed by atoms with E-state index in [1.807, 2.05) is 11.8 Å². The van der Waals surface area contributed by atoms with Crippen LogP contribution in [0.1, 0.15) is 89.2 Å². The minimum atomic E-state index is 0. The van der Waals surface area contributed by atoms with Gasteiger partial charge in [-0.1, -0.05) is 95.0 Å². The normalized spacial score (nSPS) is 11.6. The third kappa shape index (κ3) is 10.8. The molecule has 1 unspecified atom stereocenters. The Morgan fingerprint density at radius 2 is 1.39 bits per heavy atom. The number of thioether (sulfide) groups is 1. The van der Waals surface area contributed by atoms with Gasteiger partial charge in [0, 0.05) is 0 Å². The van der Waals surface area contributed by atoms with Gasteiger partial charge in [-0.15, -0.1) is 0 Å². The molecule has 1 atom stereocenters. The highest BCUT2D eigenvalue weighted by atomic mass is 35.5. The van der Waals surface area contributed by atoms with Crippen molar-refractivity contribution in [1.29, 1.82) is 0 Å². The van der Waals surface area contributed by atoms with Gasteiger partial charge in [0.1, 0.15) is 6.04 Å². The molecular weight excluding hydrogens is 384 g/mol. The van der Waals surface area contributed by atoms with Crippen molar-refractivity contribution in [2.75, 3.05) is 27.4 Å². The summed E-state index contributed by atoms with van der Waals surface area (Å²) in [5.41, 5.74) is 1.43. The fourth-order valence-electron chi connectivity index (χ4n) is 3.86. The number of benzene rings is 1. The second-order valence-electron chi connectivity index (χ2n) is 7.89. The van der Waals surface area contributed by atoms with E-state index in [0.29, 0.717) is 6.04 Å². The van der Waals surface area contributed by atoms with Crippen molar-refractivity contribution in [2.45, 2.75) is 83.6 Å². The number of amidine groups is 1. The first-order chi connectivity index (χ1) is 13.1. The molecule has 1 aromatic carbocycles. The molecule has 0 spiro atoms. The van der Waals surface area contributed by atoms with E-state index in [4.69, 9.17) is 0 Å². The topological polar surface area (TPSA) is 6.25 Å². The predicted octanol–water partition coefficient (Wildman–Crippen LogP) is 3.97. The highest BCUT2D eigenvalue weighted by molar-refractivity contribution is 8.12. The smallest absolute Gasteiger partial charge is 0.307 e. The van der Waals surface area contributed by atoms with Gasteiger partial charge in [0.05, 0.1) is 21.1 Å². The molecule has 0 radical (unpaired) electrons. The number of rotatable bonds is 13. The third-order valence-electron chi connectivity index (χ3n) is 5.35. The van der Waals surface area contributed by atoms with Gasteiger partial charge >= 0.3 is 5.17 Å². The van der Waals surface area contributed by atoms with Crippen molar-refractivity contribution in [2.24, 2.45) is 0 Å². The summed E-state index contributed by atoms with van der Waals surface area (Å²) in [4.78, 5) is 2.47. The molecule has 28 heavy (non-hydrogen) atoms. The summed E-state index contributed by atoms with van der Waals surface area (Å²) >= 11 is 1.84. The SMILES string of the molecule is CCCCCCCCCCCCC(c1ccccc1)N(C)C(SC)=[N+](C)C.[Cl-]. The second kappa shape index (κ2) is 17.2. The average molecular weight is 427 g/mol. The van der Waals surface area contributed by atoms with Crippen molar-refractivity contribution in [3.63, 3.8) is 0 Å². The zero-order valence-electron chi connectivity index (χ0n) is 18.9. The molecule has 0 aliphatic carbocycles. The van der Waals surface area contributed by atoms with Crippen LogP contribution in [0, 0.1) is 0 Å². The van der Waals surface area contributed by atoms with Gasteiger partial charge in [0.2, 0.25) is 0 Å². The summed E-state index contributed by atoms with van der Waals surface area (Å²) in [5, 5.41) is 1.33. The average Bonchev–Trinajstić information content (AvgIpc) is 2.67. The number of nitrogens with zero attached hydrogens (tertiary/aromatic N) is 2. The van der Waals surface area contributed by atoms with E-state index in [2.05, 4.69) is 74.1 Å². The lowest BCUT2D eigenvalue weighted by molar-refractivity contribution is -0.467. The Labute approximate surface area is 185 Å². The van der Waals surface area contributed by atoms with E-state index in [-0.39, 0.29) is 12.4 Å². The van der Waals surface area contributed by atoms with Crippen molar-refractivity contribution in [1.82, 2.24) is 4.90 Å².